The van der Waals surface area contributed by atoms with E-state index >= 15 is 0 Å². The molecule has 1 aliphatic rings. The highest BCUT2D eigenvalue weighted by atomic mass is 16.3. The third-order valence-corrected chi connectivity index (χ3v) is 4.47. The number of aryl methyl sites for hydroxylation is 1. The molecule has 2 N–H and O–H groups in total. The fraction of sp³-hybridized carbons (Fsp3) is 0.368. The summed E-state index contributed by atoms with van der Waals surface area (Å²) in [5, 5.41) is 12.2. The number of pyridine rings is 1. The van der Waals surface area contributed by atoms with Crippen molar-refractivity contribution in [3.8, 4) is 0 Å². The molecule has 132 valence electrons. The van der Waals surface area contributed by atoms with Crippen molar-refractivity contribution >= 4 is 17.4 Å². The minimum absolute atomic E-state index is 0.0236. The van der Waals surface area contributed by atoms with E-state index in [1.807, 2.05) is 43.3 Å². The number of aliphatic hydroxyl groups is 1. The lowest BCUT2D eigenvalue weighted by Crippen LogP contribution is -2.48. The van der Waals surface area contributed by atoms with Gasteiger partial charge in [-0.1, -0.05) is 18.2 Å². The van der Waals surface area contributed by atoms with Gasteiger partial charge in [-0.05, 0) is 36.2 Å². The molecule has 1 aromatic carbocycles. The fourth-order valence-electron chi connectivity index (χ4n) is 2.97. The van der Waals surface area contributed by atoms with Gasteiger partial charge < -0.3 is 15.3 Å². The first-order valence-electron chi connectivity index (χ1n) is 8.54. The second kappa shape index (κ2) is 8.09. The summed E-state index contributed by atoms with van der Waals surface area (Å²) in [6.45, 7) is 5.69. The van der Waals surface area contributed by atoms with Crippen molar-refractivity contribution in [2.24, 2.45) is 0 Å². The van der Waals surface area contributed by atoms with E-state index in [2.05, 4.69) is 20.1 Å². The molecule has 1 fully saturated rings. The predicted molar refractivity (Wildman–Crippen MR) is 98.6 cm³/mol. The third kappa shape index (κ3) is 4.55. The monoisotopic (exact) mass is 340 g/mol. The first-order valence-corrected chi connectivity index (χ1v) is 8.54. The molecule has 2 heterocycles. The molecule has 6 heteroatoms. The van der Waals surface area contributed by atoms with Gasteiger partial charge in [0.25, 0.3) is 0 Å². The molecule has 1 aliphatic heterocycles. The molecular weight excluding hydrogens is 316 g/mol. The lowest BCUT2D eigenvalue weighted by atomic mass is 10.1. The first kappa shape index (κ1) is 17.4. The zero-order valence-corrected chi connectivity index (χ0v) is 14.5. The molecule has 1 amide bonds. The molecule has 1 saturated heterocycles. The number of hydrogen-bond donors (Lipinski definition) is 2. The molecule has 0 spiro atoms. The smallest absolute Gasteiger partial charge is 0.238 e. The number of carbonyl (C=O) groups excluding carboxylic acids is 1. The summed E-state index contributed by atoms with van der Waals surface area (Å²) in [6.07, 6.45) is 1.80. The van der Waals surface area contributed by atoms with Crippen LogP contribution in [0.1, 0.15) is 11.1 Å². The Labute approximate surface area is 148 Å². The topological polar surface area (TPSA) is 68.7 Å². The summed E-state index contributed by atoms with van der Waals surface area (Å²) < 4.78 is 0. The van der Waals surface area contributed by atoms with E-state index in [4.69, 9.17) is 0 Å². The summed E-state index contributed by atoms with van der Waals surface area (Å²) in [6, 6.07) is 11.5. The highest BCUT2D eigenvalue weighted by Gasteiger charge is 2.20. The molecule has 6 nitrogen and oxygen atoms in total. The van der Waals surface area contributed by atoms with Crippen LogP contribution in [-0.4, -0.2) is 53.6 Å². The van der Waals surface area contributed by atoms with Crippen LogP contribution in [0.4, 0.5) is 11.5 Å². The van der Waals surface area contributed by atoms with Crippen LogP contribution < -0.4 is 10.2 Å². The van der Waals surface area contributed by atoms with E-state index in [0.29, 0.717) is 6.54 Å². The molecular formula is C19H24N4O2. The number of benzene rings is 1. The summed E-state index contributed by atoms with van der Waals surface area (Å²) in [4.78, 5) is 21.1. The number of aromatic nitrogens is 1. The van der Waals surface area contributed by atoms with E-state index in [0.717, 1.165) is 48.8 Å². The Morgan fingerprint density at radius 1 is 1.20 bits per heavy atom. The highest BCUT2D eigenvalue weighted by Crippen LogP contribution is 2.17. The van der Waals surface area contributed by atoms with Gasteiger partial charge in [0.15, 0.2) is 0 Å². The van der Waals surface area contributed by atoms with Gasteiger partial charge in [-0.2, -0.15) is 0 Å². The van der Waals surface area contributed by atoms with Gasteiger partial charge in [-0.25, -0.2) is 4.98 Å². The maximum absolute atomic E-state index is 12.3. The lowest BCUT2D eigenvalue weighted by Gasteiger charge is -2.35. The summed E-state index contributed by atoms with van der Waals surface area (Å²) in [7, 11) is 0. The van der Waals surface area contributed by atoms with Crippen molar-refractivity contribution in [3.63, 3.8) is 0 Å². The number of rotatable bonds is 5. The largest absolute Gasteiger partial charge is 0.392 e. The van der Waals surface area contributed by atoms with Crippen molar-refractivity contribution in [1.29, 1.82) is 0 Å². The van der Waals surface area contributed by atoms with Crippen LogP contribution in [0.5, 0.6) is 0 Å². The van der Waals surface area contributed by atoms with E-state index in [1.54, 1.807) is 6.20 Å². The van der Waals surface area contributed by atoms with Crippen LogP contribution in [0, 0.1) is 6.92 Å². The maximum Gasteiger partial charge on any atom is 0.238 e. The summed E-state index contributed by atoms with van der Waals surface area (Å²) in [5.41, 5.74) is 2.55. The van der Waals surface area contributed by atoms with Crippen molar-refractivity contribution in [2.45, 2.75) is 13.5 Å². The van der Waals surface area contributed by atoms with Crippen molar-refractivity contribution in [2.75, 3.05) is 42.9 Å². The molecule has 0 atom stereocenters. The number of aliphatic hydroxyl groups excluding tert-OH is 1. The van der Waals surface area contributed by atoms with Gasteiger partial charge in [-0.15, -0.1) is 0 Å². The summed E-state index contributed by atoms with van der Waals surface area (Å²) >= 11 is 0. The Morgan fingerprint density at radius 2 is 2.00 bits per heavy atom. The van der Waals surface area contributed by atoms with Crippen LogP contribution in [0.2, 0.25) is 0 Å². The van der Waals surface area contributed by atoms with Crippen molar-refractivity contribution in [3.05, 3.63) is 53.7 Å². The van der Waals surface area contributed by atoms with Crippen LogP contribution >= 0.6 is 0 Å². The Kier molecular flexibility index (Phi) is 5.63. The van der Waals surface area contributed by atoms with Crippen LogP contribution in [-0.2, 0) is 11.4 Å². The quantitative estimate of drug-likeness (QED) is 0.866. The van der Waals surface area contributed by atoms with Crippen LogP contribution in [0.15, 0.2) is 42.6 Å². The van der Waals surface area contributed by atoms with Gasteiger partial charge in [0, 0.05) is 38.1 Å². The normalized spacial score (nSPS) is 15.2. The molecule has 0 bridgehead atoms. The predicted octanol–water partition coefficient (Wildman–Crippen LogP) is 1.64. The van der Waals surface area contributed by atoms with Gasteiger partial charge in [0.1, 0.15) is 5.82 Å². The Hall–Kier alpha value is -2.44. The van der Waals surface area contributed by atoms with Gasteiger partial charge in [0.05, 0.1) is 13.2 Å². The van der Waals surface area contributed by atoms with Gasteiger partial charge in [-0.3, -0.25) is 9.69 Å². The zero-order chi connectivity index (χ0) is 17.6. The second-order valence-electron chi connectivity index (χ2n) is 6.31. The maximum atomic E-state index is 12.3. The van der Waals surface area contributed by atoms with E-state index in [9.17, 15) is 9.90 Å². The lowest BCUT2D eigenvalue weighted by molar-refractivity contribution is -0.117. The number of amides is 1. The molecule has 0 unspecified atom stereocenters. The van der Waals surface area contributed by atoms with E-state index in [1.165, 1.54) is 0 Å². The minimum atomic E-state index is -0.0291. The first-order chi connectivity index (χ1) is 12.2. The Balaban J connectivity index is 1.51. The number of nitrogens with one attached hydrogen (secondary N) is 1. The average Bonchev–Trinajstić information content (AvgIpc) is 2.65. The average molecular weight is 340 g/mol. The summed E-state index contributed by atoms with van der Waals surface area (Å²) in [5.74, 6) is 0.965. The standard InChI is InChI=1S/C19H24N4O2/c1-15-5-6-16(14-24)12-17(15)21-19(25)13-22-8-10-23(11-9-22)18-4-2-3-7-20-18/h2-7,12,24H,8-11,13-14H2,1H3,(H,21,25). The van der Waals surface area contributed by atoms with E-state index < -0.39 is 0 Å². The SMILES string of the molecule is Cc1ccc(CO)cc1NC(=O)CN1CCN(c2ccccn2)CC1. The van der Waals surface area contributed by atoms with Crippen LogP contribution in [0.3, 0.4) is 0 Å². The van der Waals surface area contributed by atoms with Crippen molar-refractivity contribution in [1.82, 2.24) is 9.88 Å². The number of piperazine rings is 1. The molecule has 1 aromatic heterocycles. The number of hydrogen-bond acceptors (Lipinski definition) is 5. The number of anilines is 2. The Bertz CT molecular complexity index is 713. The van der Waals surface area contributed by atoms with Gasteiger partial charge in [0.2, 0.25) is 5.91 Å². The molecule has 2 aromatic rings. The fourth-order valence-corrected chi connectivity index (χ4v) is 2.97. The number of carbonyl (C=O) groups is 1. The Morgan fingerprint density at radius 3 is 2.68 bits per heavy atom. The molecule has 0 saturated carbocycles. The second-order valence-corrected chi connectivity index (χ2v) is 6.31. The molecule has 0 radical (unpaired) electrons. The van der Waals surface area contributed by atoms with E-state index in [-0.39, 0.29) is 12.5 Å². The number of nitrogens with zero attached hydrogens (tertiary/aromatic N) is 3. The van der Waals surface area contributed by atoms with Gasteiger partial charge >= 0.3 is 0 Å². The zero-order valence-electron chi connectivity index (χ0n) is 14.5. The van der Waals surface area contributed by atoms with Crippen molar-refractivity contribution < 1.29 is 9.90 Å². The highest BCUT2D eigenvalue weighted by molar-refractivity contribution is 5.93. The molecule has 25 heavy (non-hydrogen) atoms. The molecule has 3 rings (SSSR count). The third-order valence-electron chi connectivity index (χ3n) is 4.47. The minimum Gasteiger partial charge on any atom is -0.392 e. The van der Waals surface area contributed by atoms with Crippen LogP contribution in [0.25, 0.3) is 0 Å². The molecule has 0 aliphatic carbocycles.